The number of pyridine rings is 1. The number of rotatable bonds is 5. The molecule has 21 heavy (non-hydrogen) atoms. The molecule has 6 heteroatoms. The van der Waals surface area contributed by atoms with Crippen LogP contribution in [0.15, 0.2) is 30.5 Å². The number of hydrogen-bond donors (Lipinski definition) is 1. The van der Waals surface area contributed by atoms with Gasteiger partial charge in [0.25, 0.3) is 0 Å². The van der Waals surface area contributed by atoms with Crippen LogP contribution in [0.3, 0.4) is 0 Å². The van der Waals surface area contributed by atoms with Gasteiger partial charge in [0.15, 0.2) is 0 Å². The summed E-state index contributed by atoms with van der Waals surface area (Å²) in [5, 5.41) is 4.54. The first-order chi connectivity index (χ1) is 10.0. The van der Waals surface area contributed by atoms with Crippen molar-refractivity contribution in [1.82, 2.24) is 10.3 Å². The monoisotopic (exact) mass is 346 g/mol. The molecule has 0 radical (unpaired) electrons. The van der Waals surface area contributed by atoms with Crippen LogP contribution in [-0.4, -0.2) is 11.5 Å². The average Bonchev–Trinajstić information content (AvgIpc) is 2.42. The van der Waals surface area contributed by atoms with E-state index in [9.17, 15) is 4.39 Å². The Morgan fingerprint density at radius 2 is 2.00 bits per heavy atom. The van der Waals surface area contributed by atoms with Gasteiger partial charge in [-0.1, -0.05) is 47.8 Å². The normalized spacial score (nSPS) is 12.4. The van der Waals surface area contributed by atoms with Gasteiger partial charge < -0.3 is 5.32 Å². The van der Waals surface area contributed by atoms with E-state index >= 15 is 0 Å². The minimum absolute atomic E-state index is 0.242. The van der Waals surface area contributed by atoms with Crippen LogP contribution in [0.4, 0.5) is 4.39 Å². The molecule has 1 heterocycles. The summed E-state index contributed by atoms with van der Waals surface area (Å²) in [6.45, 7) is 2.65. The van der Waals surface area contributed by atoms with Crippen LogP contribution in [0, 0.1) is 5.82 Å². The fraction of sp³-hybridized carbons (Fsp3) is 0.267. The third-order valence-corrected chi connectivity index (χ3v) is 3.95. The number of hydrogen-bond acceptors (Lipinski definition) is 2. The van der Waals surface area contributed by atoms with E-state index in [-0.39, 0.29) is 11.9 Å². The van der Waals surface area contributed by atoms with Crippen molar-refractivity contribution >= 4 is 34.8 Å². The molecule has 0 aliphatic heterocycles. The lowest BCUT2D eigenvalue weighted by atomic mass is 10.0. The molecule has 112 valence electrons. The Kier molecular flexibility index (Phi) is 5.82. The first-order valence-corrected chi connectivity index (χ1v) is 7.63. The number of likely N-dealkylation sites (N-methyl/N-ethyl adjacent to an activating group) is 1. The Balaban J connectivity index is 2.35. The summed E-state index contributed by atoms with van der Waals surface area (Å²) in [5.74, 6) is -0.338. The number of aromatic nitrogens is 1. The van der Waals surface area contributed by atoms with E-state index in [1.165, 1.54) is 12.3 Å². The zero-order valence-corrected chi connectivity index (χ0v) is 13.6. The van der Waals surface area contributed by atoms with Gasteiger partial charge in [-0.3, -0.25) is 4.98 Å². The molecule has 1 N–H and O–H groups in total. The van der Waals surface area contributed by atoms with Crippen molar-refractivity contribution in [2.75, 3.05) is 6.54 Å². The van der Waals surface area contributed by atoms with Gasteiger partial charge in [-0.05, 0) is 31.2 Å². The second-order valence-electron chi connectivity index (χ2n) is 4.54. The molecule has 1 atom stereocenters. The summed E-state index contributed by atoms with van der Waals surface area (Å²) < 4.78 is 13.9. The molecule has 1 unspecified atom stereocenters. The standard InChI is InChI=1S/C15H14Cl3FN2/c1-2-20-14(15-12(18)6-9(16)8-21-15)7-10-11(17)4-3-5-13(10)19/h3-6,8,14,20H,2,7H2,1H3. The fourth-order valence-electron chi connectivity index (χ4n) is 2.12. The van der Waals surface area contributed by atoms with Gasteiger partial charge in [0.1, 0.15) is 5.82 Å². The number of halogens is 4. The number of benzene rings is 1. The Bertz CT molecular complexity index is 614. The molecule has 0 saturated carbocycles. The van der Waals surface area contributed by atoms with E-state index < -0.39 is 0 Å². The van der Waals surface area contributed by atoms with E-state index in [4.69, 9.17) is 34.8 Å². The van der Waals surface area contributed by atoms with E-state index in [0.717, 1.165) is 0 Å². The summed E-state index contributed by atoms with van der Waals surface area (Å²) in [5.41, 5.74) is 1.07. The topological polar surface area (TPSA) is 24.9 Å². The highest BCUT2D eigenvalue weighted by molar-refractivity contribution is 6.34. The lowest BCUT2D eigenvalue weighted by Gasteiger charge is -2.19. The quantitative estimate of drug-likeness (QED) is 0.816. The maximum atomic E-state index is 13.9. The molecule has 0 aliphatic carbocycles. The van der Waals surface area contributed by atoms with Crippen LogP contribution in [-0.2, 0) is 6.42 Å². The smallest absolute Gasteiger partial charge is 0.127 e. The second kappa shape index (κ2) is 7.41. The molecular formula is C15H14Cl3FN2. The summed E-state index contributed by atoms with van der Waals surface area (Å²) in [7, 11) is 0. The predicted molar refractivity (Wildman–Crippen MR) is 85.8 cm³/mol. The molecule has 1 aromatic carbocycles. The Morgan fingerprint density at radius 1 is 1.24 bits per heavy atom. The second-order valence-corrected chi connectivity index (χ2v) is 5.79. The fourth-order valence-corrected chi connectivity index (χ4v) is 2.88. The highest BCUT2D eigenvalue weighted by Gasteiger charge is 2.19. The lowest BCUT2D eigenvalue weighted by Crippen LogP contribution is -2.24. The van der Waals surface area contributed by atoms with Crippen LogP contribution in [0.5, 0.6) is 0 Å². The van der Waals surface area contributed by atoms with Crippen molar-refractivity contribution in [3.8, 4) is 0 Å². The maximum Gasteiger partial charge on any atom is 0.127 e. The molecule has 0 amide bonds. The van der Waals surface area contributed by atoms with Gasteiger partial charge in [-0.25, -0.2) is 4.39 Å². The SMILES string of the molecule is CCNC(Cc1c(F)cccc1Cl)c1ncc(Cl)cc1Cl. The predicted octanol–water partition coefficient (Wildman–Crippen LogP) is 5.07. The third-order valence-electron chi connectivity index (χ3n) is 3.09. The molecular weight excluding hydrogens is 334 g/mol. The van der Waals surface area contributed by atoms with Crippen LogP contribution < -0.4 is 5.32 Å². The molecule has 0 spiro atoms. The van der Waals surface area contributed by atoms with Gasteiger partial charge in [-0.2, -0.15) is 0 Å². The minimum Gasteiger partial charge on any atom is -0.309 e. The minimum atomic E-state index is -0.338. The van der Waals surface area contributed by atoms with E-state index in [0.29, 0.717) is 39.3 Å². The van der Waals surface area contributed by atoms with Crippen molar-refractivity contribution in [2.24, 2.45) is 0 Å². The molecule has 2 nitrogen and oxygen atoms in total. The van der Waals surface area contributed by atoms with E-state index in [1.54, 1.807) is 18.2 Å². The molecule has 2 aromatic rings. The van der Waals surface area contributed by atoms with Crippen LogP contribution in [0.2, 0.25) is 15.1 Å². The van der Waals surface area contributed by atoms with Gasteiger partial charge in [-0.15, -0.1) is 0 Å². The van der Waals surface area contributed by atoms with Crippen molar-refractivity contribution in [3.05, 3.63) is 62.6 Å². The summed E-state index contributed by atoms with van der Waals surface area (Å²) in [6, 6.07) is 6.02. The first kappa shape index (κ1) is 16.5. The molecule has 2 rings (SSSR count). The molecule has 0 saturated heterocycles. The van der Waals surface area contributed by atoms with Gasteiger partial charge in [0, 0.05) is 16.8 Å². The van der Waals surface area contributed by atoms with Crippen molar-refractivity contribution in [2.45, 2.75) is 19.4 Å². The highest BCUT2D eigenvalue weighted by Crippen LogP contribution is 2.29. The zero-order valence-electron chi connectivity index (χ0n) is 11.3. The van der Waals surface area contributed by atoms with Crippen LogP contribution in [0.1, 0.15) is 24.2 Å². The highest BCUT2D eigenvalue weighted by atomic mass is 35.5. The molecule has 0 fully saturated rings. The van der Waals surface area contributed by atoms with Crippen LogP contribution in [0.25, 0.3) is 0 Å². The number of nitrogens with one attached hydrogen (secondary N) is 1. The Hall–Kier alpha value is -0.870. The summed E-state index contributed by atoms with van der Waals surface area (Å²) in [4.78, 5) is 4.26. The molecule has 1 aromatic heterocycles. The molecule has 0 aliphatic rings. The Labute approximate surface area is 138 Å². The first-order valence-electron chi connectivity index (χ1n) is 6.50. The van der Waals surface area contributed by atoms with Crippen molar-refractivity contribution < 1.29 is 4.39 Å². The summed E-state index contributed by atoms with van der Waals surface area (Å²) >= 11 is 18.1. The average molecular weight is 348 g/mol. The summed E-state index contributed by atoms with van der Waals surface area (Å²) in [6.07, 6.45) is 1.88. The maximum absolute atomic E-state index is 13.9. The van der Waals surface area contributed by atoms with E-state index in [2.05, 4.69) is 10.3 Å². The lowest BCUT2D eigenvalue weighted by molar-refractivity contribution is 0.518. The molecule has 0 bridgehead atoms. The number of nitrogens with zero attached hydrogens (tertiary/aromatic N) is 1. The Morgan fingerprint density at radius 3 is 2.62 bits per heavy atom. The van der Waals surface area contributed by atoms with Crippen molar-refractivity contribution in [1.29, 1.82) is 0 Å². The van der Waals surface area contributed by atoms with Gasteiger partial charge in [0.05, 0.1) is 21.8 Å². The van der Waals surface area contributed by atoms with Gasteiger partial charge in [0.2, 0.25) is 0 Å². The largest absolute Gasteiger partial charge is 0.309 e. The van der Waals surface area contributed by atoms with E-state index in [1.807, 2.05) is 6.92 Å². The van der Waals surface area contributed by atoms with Crippen LogP contribution >= 0.6 is 34.8 Å². The van der Waals surface area contributed by atoms with Crippen molar-refractivity contribution in [3.63, 3.8) is 0 Å². The third kappa shape index (κ3) is 4.07. The zero-order chi connectivity index (χ0) is 15.4. The van der Waals surface area contributed by atoms with Gasteiger partial charge >= 0.3 is 0 Å².